The van der Waals surface area contributed by atoms with E-state index in [1.807, 2.05) is 13.8 Å². The molecule has 10 aliphatic rings. The Kier molecular flexibility index (Phi) is 11.2. The smallest absolute Gasteiger partial charge is 0.406 e. The van der Waals surface area contributed by atoms with Gasteiger partial charge in [0.25, 0.3) is 0 Å². The van der Waals surface area contributed by atoms with Gasteiger partial charge in [0.1, 0.15) is 5.75 Å². The molecule has 8 saturated heterocycles. The molecule has 8 heterocycles. The van der Waals surface area contributed by atoms with Gasteiger partial charge in [-0.2, -0.15) is 0 Å². The van der Waals surface area contributed by atoms with Crippen molar-refractivity contribution in [1.82, 2.24) is 5.32 Å². The molecule has 17 heteroatoms. The van der Waals surface area contributed by atoms with Crippen molar-refractivity contribution in [2.24, 2.45) is 52.3 Å². The second kappa shape index (κ2) is 15.8. The molecule has 16 atom stereocenters. The highest BCUT2D eigenvalue weighted by molar-refractivity contribution is 5.93. The van der Waals surface area contributed by atoms with Crippen LogP contribution in [-0.4, -0.2) is 86.6 Å². The maximum atomic E-state index is 12.8. The molecule has 2 saturated carbocycles. The largest absolute Gasteiger partial charge is 0.573 e. The van der Waals surface area contributed by atoms with Gasteiger partial charge in [0.05, 0.1) is 19.8 Å². The lowest BCUT2D eigenvalue weighted by Crippen LogP contribution is -2.70. The summed E-state index contributed by atoms with van der Waals surface area (Å²) in [6, 6.07) is 5.46. The van der Waals surface area contributed by atoms with Gasteiger partial charge in [-0.3, -0.25) is 4.99 Å². The van der Waals surface area contributed by atoms with Crippen LogP contribution in [0.1, 0.15) is 92.9 Å². The first kappa shape index (κ1) is 42.0. The quantitative estimate of drug-likeness (QED) is 0.105. The Morgan fingerprint density at radius 2 is 1.24 bits per heavy atom. The van der Waals surface area contributed by atoms with E-state index in [9.17, 15) is 13.2 Å². The fourth-order valence-electron chi connectivity index (χ4n) is 11.8. The molecule has 2 N–H and O–H groups in total. The molecule has 2 unspecified atom stereocenters. The molecule has 2 aliphatic carbocycles. The molecule has 0 aromatic heterocycles. The average Bonchev–Trinajstić information content (AvgIpc) is 3.56. The summed E-state index contributed by atoms with van der Waals surface area (Å²) in [6.07, 6.45) is 0.320. The lowest BCUT2D eigenvalue weighted by atomic mass is 9.58. The van der Waals surface area contributed by atoms with Gasteiger partial charge >= 0.3 is 6.36 Å². The highest BCUT2D eigenvalue weighted by atomic mass is 19.4. The van der Waals surface area contributed by atoms with Crippen molar-refractivity contribution >= 4 is 11.6 Å². The normalized spacial score (nSPS) is 46.4. The van der Waals surface area contributed by atoms with Gasteiger partial charge in [-0.05, 0) is 100 Å². The molecule has 1 aromatic carbocycles. The number of rotatable bonds is 10. The number of guanidine groups is 1. The van der Waals surface area contributed by atoms with Crippen molar-refractivity contribution in [1.29, 1.82) is 0 Å². The third kappa shape index (κ3) is 7.66. The van der Waals surface area contributed by atoms with Gasteiger partial charge in [0.2, 0.25) is 11.6 Å². The van der Waals surface area contributed by atoms with E-state index in [0.717, 1.165) is 51.4 Å². The molecular formula is C42H60F3N3O11. The molecule has 330 valence electrons. The van der Waals surface area contributed by atoms with Crippen LogP contribution in [-0.2, 0) is 48.0 Å². The van der Waals surface area contributed by atoms with Crippen LogP contribution < -0.4 is 15.4 Å². The minimum atomic E-state index is -4.79. The second-order valence-electron chi connectivity index (χ2n) is 18.6. The number of hydrogen-bond acceptors (Lipinski definition) is 12. The zero-order valence-corrected chi connectivity index (χ0v) is 34.8. The maximum absolute atomic E-state index is 12.8. The SMILES string of the molecule is C[C@@H]1CC[C@H]2[C@@H](C)C(OCCN=C(NCCOC3O[C@@H]4O[C@]5(C)CC[C@@H]6[C@@H](C)CC[C@H]([C@@H]3C)[C@]46OO5)Nc3ccc(OC(F)(F)F)cc3)O[C@H]3O[C@@]4(C)CC[C@@H]1[C@]32OO4. The Hall–Kier alpha value is -2.32. The predicted molar refractivity (Wildman–Crippen MR) is 203 cm³/mol. The Morgan fingerprint density at radius 3 is 1.76 bits per heavy atom. The first-order valence-electron chi connectivity index (χ1n) is 21.7. The van der Waals surface area contributed by atoms with Gasteiger partial charge in [-0.1, -0.05) is 27.7 Å². The van der Waals surface area contributed by atoms with E-state index >= 15 is 0 Å². The summed E-state index contributed by atoms with van der Waals surface area (Å²) in [5, 5.41) is 6.49. The minimum Gasteiger partial charge on any atom is -0.406 e. The van der Waals surface area contributed by atoms with Crippen molar-refractivity contribution in [2.45, 2.75) is 147 Å². The number of nitrogens with one attached hydrogen (secondary N) is 2. The molecule has 1 aromatic rings. The van der Waals surface area contributed by atoms with E-state index in [1.54, 1.807) is 0 Å². The van der Waals surface area contributed by atoms with E-state index in [4.69, 9.17) is 53.0 Å². The Bertz CT molecular complexity index is 1690. The third-order valence-corrected chi connectivity index (χ3v) is 14.9. The Morgan fingerprint density at radius 1 is 0.712 bits per heavy atom. The summed E-state index contributed by atoms with van der Waals surface area (Å²) in [6.45, 7) is 13.7. The fourth-order valence-corrected chi connectivity index (χ4v) is 11.8. The van der Waals surface area contributed by atoms with Crippen LogP contribution in [0.4, 0.5) is 18.9 Å². The summed E-state index contributed by atoms with van der Waals surface area (Å²) in [4.78, 5) is 29.2. The Balaban J connectivity index is 0.845. The molecule has 59 heavy (non-hydrogen) atoms. The number of aliphatic imine (C=N–C) groups is 1. The topological polar surface area (TPSA) is 138 Å². The standard InChI is InChI=1S/C42H60F3N3O11/c1-23-7-13-31-25(3)33(51-35-40(31)29(23)15-17-38(5,54-35)56-58-40)49-21-19-46-37(48-27-9-11-28(12-10-27)53-42(43,44)45)47-20-22-50-34-26(4)32-14-8-24(2)30-16-18-39(6)55-36(52-34)41(30,32)59-57-39/h9-12,23-26,29-36H,7-8,13-22H2,1-6H3,(H2,46,47,48)/t23-,24+,25-,26+,29+,30-,31+,32-,33?,34?,35+,36-,38-,39+,40-,41+. The van der Waals surface area contributed by atoms with Crippen molar-refractivity contribution in [3.8, 4) is 5.75 Å². The van der Waals surface area contributed by atoms with E-state index in [1.165, 1.54) is 24.3 Å². The van der Waals surface area contributed by atoms with Gasteiger partial charge in [0.15, 0.2) is 42.3 Å². The van der Waals surface area contributed by atoms with E-state index in [-0.39, 0.29) is 61.0 Å². The highest BCUT2D eigenvalue weighted by Gasteiger charge is 2.71. The molecule has 0 amide bonds. The monoisotopic (exact) mass is 839 g/mol. The van der Waals surface area contributed by atoms with E-state index in [2.05, 4.69) is 43.1 Å². The van der Waals surface area contributed by atoms with Crippen molar-refractivity contribution < 1.29 is 65.9 Å². The highest BCUT2D eigenvalue weighted by Crippen LogP contribution is 2.62. The summed E-state index contributed by atoms with van der Waals surface area (Å²) < 4.78 is 81.4. The Labute approximate surface area is 343 Å². The first-order chi connectivity index (χ1) is 28.1. The zero-order valence-electron chi connectivity index (χ0n) is 34.8. The lowest BCUT2D eigenvalue weighted by Gasteiger charge is -2.60. The van der Waals surface area contributed by atoms with Crippen molar-refractivity contribution in [2.75, 3.05) is 31.6 Å². The number of fused-ring (bicyclic) bond motifs is 4. The van der Waals surface area contributed by atoms with Gasteiger partial charge in [0, 0.05) is 48.7 Å². The predicted octanol–water partition coefficient (Wildman–Crippen LogP) is 7.39. The van der Waals surface area contributed by atoms with Crippen LogP contribution in [0.5, 0.6) is 5.75 Å². The van der Waals surface area contributed by atoms with Crippen molar-refractivity contribution in [3.05, 3.63) is 24.3 Å². The molecule has 14 nitrogen and oxygen atoms in total. The summed E-state index contributed by atoms with van der Waals surface area (Å²) in [7, 11) is 0. The van der Waals surface area contributed by atoms with Crippen molar-refractivity contribution in [3.63, 3.8) is 0 Å². The molecule has 0 radical (unpaired) electrons. The molecule has 10 fully saturated rings. The van der Waals surface area contributed by atoms with Crippen LogP contribution in [0.15, 0.2) is 29.3 Å². The average molecular weight is 840 g/mol. The van der Waals surface area contributed by atoms with Crippen LogP contribution >= 0.6 is 0 Å². The van der Waals surface area contributed by atoms with Gasteiger partial charge in [-0.25, -0.2) is 19.6 Å². The fraction of sp³-hybridized carbons (Fsp3) is 0.833. The lowest BCUT2D eigenvalue weighted by molar-refractivity contribution is -0.577. The number of halogens is 3. The molecular weight excluding hydrogens is 779 g/mol. The second-order valence-corrected chi connectivity index (χ2v) is 18.6. The van der Waals surface area contributed by atoms with Crippen LogP contribution in [0.3, 0.4) is 0 Å². The molecule has 11 rings (SSSR count). The molecule has 2 spiro atoms. The number of hydrogen-bond donors (Lipinski definition) is 2. The van der Waals surface area contributed by atoms with E-state index < -0.39 is 54.3 Å². The van der Waals surface area contributed by atoms with Crippen LogP contribution in [0.2, 0.25) is 0 Å². The van der Waals surface area contributed by atoms with Gasteiger partial charge < -0.3 is 43.8 Å². The van der Waals surface area contributed by atoms with Gasteiger partial charge in [-0.15, -0.1) is 13.2 Å². The number of benzene rings is 1. The summed E-state index contributed by atoms with van der Waals surface area (Å²) >= 11 is 0. The molecule has 8 aliphatic heterocycles. The third-order valence-electron chi connectivity index (χ3n) is 14.9. The number of ether oxygens (including phenoxy) is 7. The number of alkyl halides is 3. The first-order valence-corrected chi connectivity index (χ1v) is 21.7. The van der Waals surface area contributed by atoms with Crippen LogP contribution in [0.25, 0.3) is 0 Å². The van der Waals surface area contributed by atoms with Crippen LogP contribution in [0, 0.1) is 47.3 Å². The minimum absolute atomic E-state index is 0.00729. The maximum Gasteiger partial charge on any atom is 0.573 e. The summed E-state index contributed by atoms with van der Waals surface area (Å²) in [5.74, 6) is -0.0203. The summed E-state index contributed by atoms with van der Waals surface area (Å²) in [5.41, 5.74) is -0.859. The number of nitrogens with zero attached hydrogens (tertiary/aromatic N) is 1. The zero-order chi connectivity index (χ0) is 41.4. The number of anilines is 1. The molecule has 4 bridgehead atoms. The van der Waals surface area contributed by atoms with E-state index in [0.29, 0.717) is 30.0 Å².